The van der Waals surface area contributed by atoms with Gasteiger partial charge in [-0.3, -0.25) is 0 Å². The monoisotopic (exact) mass is 443 g/mol. The summed E-state index contributed by atoms with van der Waals surface area (Å²) in [6.07, 6.45) is 4.60. The summed E-state index contributed by atoms with van der Waals surface area (Å²) in [7, 11) is 0. The Bertz CT molecular complexity index is 1170. The lowest BCUT2D eigenvalue weighted by Gasteiger charge is -2.35. The Morgan fingerprint density at radius 1 is 1.16 bits per heavy atom. The Balaban J connectivity index is 1.70. The molecule has 0 amide bonds. The number of halogens is 2. The van der Waals surface area contributed by atoms with E-state index in [4.69, 9.17) is 4.42 Å². The van der Waals surface area contributed by atoms with Crippen LogP contribution in [0, 0.1) is 11.6 Å². The standard InChI is InChI=1S/C21H19F2N5O2S/c1-13(14-3-5-15(6-4-14)19-26-27-20(30-19)31-2)21(29,10-28-12-24-11-25-28)17-8-7-16(22)9-18(17)23/h3-9,11-13,29H,10H2,1-2H3. The van der Waals surface area contributed by atoms with Crippen LogP contribution in [-0.4, -0.2) is 36.3 Å². The number of benzene rings is 2. The van der Waals surface area contributed by atoms with Crippen molar-refractivity contribution in [1.29, 1.82) is 0 Å². The first-order valence-corrected chi connectivity index (χ1v) is 10.6. The molecule has 2 aromatic carbocycles. The van der Waals surface area contributed by atoms with E-state index in [-0.39, 0.29) is 12.1 Å². The largest absolute Gasteiger partial charge is 0.411 e. The lowest BCUT2D eigenvalue weighted by molar-refractivity contribution is -0.0112. The Morgan fingerprint density at radius 3 is 2.55 bits per heavy atom. The first kappa shape index (κ1) is 21.1. The Kier molecular flexibility index (Phi) is 5.84. The summed E-state index contributed by atoms with van der Waals surface area (Å²) in [5.41, 5.74) is -0.289. The molecule has 0 bridgehead atoms. The van der Waals surface area contributed by atoms with Crippen LogP contribution in [0.5, 0.6) is 0 Å². The van der Waals surface area contributed by atoms with E-state index in [0.29, 0.717) is 11.1 Å². The van der Waals surface area contributed by atoms with E-state index in [9.17, 15) is 13.9 Å². The van der Waals surface area contributed by atoms with E-state index >= 15 is 0 Å². The lowest BCUT2D eigenvalue weighted by atomic mass is 9.78. The summed E-state index contributed by atoms with van der Waals surface area (Å²) in [6, 6.07) is 10.3. The molecule has 1 N–H and O–H groups in total. The van der Waals surface area contributed by atoms with Gasteiger partial charge in [-0.15, -0.1) is 10.2 Å². The van der Waals surface area contributed by atoms with Crippen LogP contribution in [0.2, 0.25) is 0 Å². The van der Waals surface area contributed by atoms with Crippen LogP contribution < -0.4 is 0 Å². The smallest absolute Gasteiger partial charge is 0.276 e. The summed E-state index contributed by atoms with van der Waals surface area (Å²) in [5.74, 6) is -1.74. The van der Waals surface area contributed by atoms with Gasteiger partial charge in [0, 0.05) is 23.1 Å². The number of hydrogen-bond donors (Lipinski definition) is 1. The summed E-state index contributed by atoms with van der Waals surface area (Å²) in [5, 5.41) is 24.1. The molecule has 0 fully saturated rings. The Hall–Kier alpha value is -3.11. The molecule has 4 aromatic rings. The maximum atomic E-state index is 14.7. The van der Waals surface area contributed by atoms with Crippen molar-refractivity contribution in [2.75, 3.05) is 6.26 Å². The normalized spacial score (nSPS) is 14.4. The van der Waals surface area contributed by atoms with Crippen LogP contribution in [0.4, 0.5) is 8.78 Å². The van der Waals surface area contributed by atoms with Crippen molar-refractivity contribution in [3.63, 3.8) is 0 Å². The molecule has 0 aliphatic rings. The quantitative estimate of drug-likeness (QED) is 0.432. The molecule has 4 rings (SSSR count). The molecule has 0 saturated carbocycles. The van der Waals surface area contributed by atoms with E-state index in [2.05, 4.69) is 20.3 Å². The maximum Gasteiger partial charge on any atom is 0.276 e. The van der Waals surface area contributed by atoms with Crippen LogP contribution in [0.3, 0.4) is 0 Å². The van der Waals surface area contributed by atoms with Gasteiger partial charge in [0.05, 0.1) is 6.54 Å². The van der Waals surface area contributed by atoms with E-state index in [0.717, 1.165) is 23.3 Å². The van der Waals surface area contributed by atoms with Crippen molar-refractivity contribution < 1.29 is 18.3 Å². The van der Waals surface area contributed by atoms with Crippen molar-refractivity contribution in [3.8, 4) is 11.5 Å². The average molecular weight is 443 g/mol. The Labute approximate surface area is 181 Å². The highest BCUT2D eigenvalue weighted by Gasteiger charge is 2.40. The number of aromatic nitrogens is 5. The minimum Gasteiger partial charge on any atom is -0.411 e. The van der Waals surface area contributed by atoms with Crippen molar-refractivity contribution in [1.82, 2.24) is 25.0 Å². The van der Waals surface area contributed by atoms with Crippen LogP contribution in [0.25, 0.3) is 11.5 Å². The van der Waals surface area contributed by atoms with Gasteiger partial charge in [0.15, 0.2) is 0 Å². The molecule has 0 aliphatic heterocycles. The van der Waals surface area contributed by atoms with Gasteiger partial charge < -0.3 is 9.52 Å². The van der Waals surface area contributed by atoms with Gasteiger partial charge in [-0.2, -0.15) is 5.10 Å². The predicted molar refractivity (Wildman–Crippen MR) is 110 cm³/mol. The molecule has 160 valence electrons. The molecular weight excluding hydrogens is 424 g/mol. The second-order valence-electron chi connectivity index (χ2n) is 7.06. The lowest BCUT2D eigenvalue weighted by Crippen LogP contribution is -2.38. The summed E-state index contributed by atoms with van der Waals surface area (Å²) in [4.78, 5) is 3.88. The third-order valence-electron chi connectivity index (χ3n) is 5.22. The molecule has 2 aromatic heterocycles. The summed E-state index contributed by atoms with van der Waals surface area (Å²) < 4.78 is 35.1. The molecule has 31 heavy (non-hydrogen) atoms. The second-order valence-corrected chi connectivity index (χ2v) is 7.82. The van der Waals surface area contributed by atoms with E-state index < -0.39 is 23.2 Å². The van der Waals surface area contributed by atoms with Crippen LogP contribution in [0.15, 0.2) is 64.8 Å². The third kappa shape index (κ3) is 4.21. The highest BCUT2D eigenvalue weighted by atomic mass is 32.2. The van der Waals surface area contributed by atoms with Crippen LogP contribution >= 0.6 is 11.8 Å². The van der Waals surface area contributed by atoms with E-state index in [1.54, 1.807) is 31.2 Å². The first-order chi connectivity index (χ1) is 14.9. The first-order valence-electron chi connectivity index (χ1n) is 9.39. The number of rotatable bonds is 7. The van der Waals surface area contributed by atoms with Gasteiger partial charge in [-0.25, -0.2) is 18.4 Å². The molecular formula is C21H19F2N5O2S. The predicted octanol–water partition coefficient (Wildman–Crippen LogP) is 4.02. The third-order valence-corrected chi connectivity index (χ3v) is 5.74. The second kappa shape index (κ2) is 8.56. The molecule has 7 nitrogen and oxygen atoms in total. The molecule has 10 heteroatoms. The van der Waals surface area contributed by atoms with Crippen molar-refractivity contribution in [2.24, 2.45) is 0 Å². The van der Waals surface area contributed by atoms with Gasteiger partial charge in [0.2, 0.25) is 5.89 Å². The molecule has 2 heterocycles. The van der Waals surface area contributed by atoms with E-state index in [1.807, 2.05) is 6.26 Å². The van der Waals surface area contributed by atoms with Gasteiger partial charge in [0.25, 0.3) is 5.22 Å². The molecule has 0 radical (unpaired) electrons. The topological polar surface area (TPSA) is 89.9 Å². The molecule has 0 saturated heterocycles. The fraction of sp³-hybridized carbons (Fsp3) is 0.238. The molecule has 0 aliphatic carbocycles. The summed E-state index contributed by atoms with van der Waals surface area (Å²) >= 11 is 1.35. The fourth-order valence-corrected chi connectivity index (χ4v) is 3.74. The fourth-order valence-electron chi connectivity index (χ4n) is 3.46. The van der Waals surface area contributed by atoms with Crippen LogP contribution in [-0.2, 0) is 12.1 Å². The maximum absolute atomic E-state index is 14.7. The van der Waals surface area contributed by atoms with Gasteiger partial charge in [-0.05, 0) is 30.0 Å². The Morgan fingerprint density at radius 2 is 1.94 bits per heavy atom. The highest BCUT2D eigenvalue weighted by molar-refractivity contribution is 7.98. The molecule has 2 unspecified atom stereocenters. The van der Waals surface area contributed by atoms with Gasteiger partial charge in [0.1, 0.15) is 29.9 Å². The zero-order valence-electron chi connectivity index (χ0n) is 16.7. The average Bonchev–Trinajstić information content (AvgIpc) is 3.45. The minimum absolute atomic E-state index is 0.0255. The number of hydrogen-bond acceptors (Lipinski definition) is 7. The number of thioether (sulfide) groups is 1. The number of nitrogens with zero attached hydrogens (tertiary/aromatic N) is 5. The van der Waals surface area contributed by atoms with Gasteiger partial charge in [-0.1, -0.05) is 36.9 Å². The molecule has 0 spiro atoms. The zero-order valence-corrected chi connectivity index (χ0v) is 17.6. The van der Waals surface area contributed by atoms with E-state index in [1.165, 1.54) is 35.2 Å². The van der Waals surface area contributed by atoms with Gasteiger partial charge >= 0.3 is 0 Å². The highest BCUT2D eigenvalue weighted by Crippen LogP contribution is 2.40. The van der Waals surface area contributed by atoms with Crippen molar-refractivity contribution in [2.45, 2.75) is 30.2 Å². The van der Waals surface area contributed by atoms with Crippen LogP contribution in [0.1, 0.15) is 24.0 Å². The minimum atomic E-state index is -1.72. The number of aliphatic hydroxyl groups is 1. The zero-order chi connectivity index (χ0) is 22.0. The SMILES string of the molecule is CSc1nnc(-c2ccc(C(C)C(O)(Cn3cncn3)c3ccc(F)cc3F)cc2)o1. The summed E-state index contributed by atoms with van der Waals surface area (Å²) in [6.45, 7) is 1.70. The van der Waals surface area contributed by atoms with Crippen molar-refractivity contribution in [3.05, 3.63) is 77.9 Å². The molecule has 2 atom stereocenters. The van der Waals surface area contributed by atoms with Crippen molar-refractivity contribution >= 4 is 11.8 Å².